The van der Waals surface area contributed by atoms with Crippen molar-refractivity contribution in [3.05, 3.63) is 53.9 Å². The van der Waals surface area contributed by atoms with Gasteiger partial charge in [-0.3, -0.25) is 4.79 Å². The number of hydrogen-bond donors (Lipinski definition) is 1. The van der Waals surface area contributed by atoms with Crippen molar-refractivity contribution in [2.24, 2.45) is 0 Å². The average Bonchev–Trinajstić information content (AvgIpc) is 2.69. The van der Waals surface area contributed by atoms with Gasteiger partial charge in [-0.05, 0) is 18.5 Å². The summed E-state index contributed by atoms with van der Waals surface area (Å²) in [5, 5.41) is 3.20. The third-order valence-corrected chi connectivity index (χ3v) is 4.55. The summed E-state index contributed by atoms with van der Waals surface area (Å²) in [7, 11) is 0. The molecule has 1 aliphatic heterocycles. The molecule has 25 heavy (non-hydrogen) atoms. The summed E-state index contributed by atoms with van der Waals surface area (Å²) in [6.45, 7) is 7.34. The zero-order chi connectivity index (χ0) is 17.5. The second-order valence-corrected chi connectivity index (χ2v) is 6.18. The number of carbonyl (C=O) groups excluding carboxylic acids is 1. The Balaban J connectivity index is 1.49. The van der Waals surface area contributed by atoms with Gasteiger partial charge in [0.05, 0.1) is 5.56 Å². The van der Waals surface area contributed by atoms with Crippen LogP contribution in [0, 0.1) is 0 Å². The van der Waals surface area contributed by atoms with Crippen LogP contribution in [0.25, 0.3) is 0 Å². The van der Waals surface area contributed by atoms with Crippen LogP contribution < -0.4 is 5.32 Å². The normalized spacial score (nSPS) is 15.2. The van der Waals surface area contributed by atoms with Gasteiger partial charge in [0.2, 0.25) is 5.95 Å². The molecular formula is C19H25N5O. The van der Waals surface area contributed by atoms with E-state index in [0.717, 1.165) is 45.7 Å². The molecule has 6 nitrogen and oxygen atoms in total. The molecule has 3 rings (SSSR count). The summed E-state index contributed by atoms with van der Waals surface area (Å²) < 4.78 is 0. The van der Waals surface area contributed by atoms with E-state index in [1.165, 1.54) is 5.56 Å². The van der Waals surface area contributed by atoms with Crippen LogP contribution in [0.1, 0.15) is 22.8 Å². The zero-order valence-corrected chi connectivity index (χ0v) is 14.7. The lowest BCUT2D eigenvalue weighted by Crippen LogP contribution is -2.48. The van der Waals surface area contributed by atoms with Crippen LogP contribution in [0.2, 0.25) is 0 Å². The molecule has 1 amide bonds. The minimum atomic E-state index is 0.0200. The van der Waals surface area contributed by atoms with Crippen LogP contribution in [0.5, 0.6) is 0 Å². The van der Waals surface area contributed by atoms with Crippen molar-refractivity contribution < 1.29 is 4.79 Å². The van der Waals surface area contributed by atoms with E-state index in [1.807, 2.05) is 23.1 Å². The third kappa shape index (κ3) is 4.76. The fraction of sp³-hybridized carbons (Fsp3) is 0.421. The molecule has 1 saturated heterocycles. The van der Waals surface area contributed by atoms with E-state index in [2.05, 4.69) is 39.2 Å². The van der Waals surface area contributed by atoms with Crippen LogP contribution in [0.4, 0.5) is 5.95 Å². The van der Waals surface area contributed by atoms with Gasteiger partial charge in [0, 0.05) is 45.1 Å². The lowest BCUT2D eigenvalue weighted by atomic mass is 10.1. The molecule has 0 aliphatic carbocycles. The van der Waals surface area contributed by atoms with Gasteiger partial charge in [-0.2, -0.15) is 0 Å². The molecule has 0 bridgehead atoms. The number of rotatable bonds is 6. The van der Waals surface area contributed by atoms with E-state index in [9.17, 15) is 4.79 Å². The molecule has 1 N–H and O–H groups in total. The molecular weight excluding hydrogens is 314 g/mol. The Bertz CT molecular complexity index is 666. The highest BCUT2D eigenvalue weighted by atomic mass is 16.2. The number of anilines is 1. The second-order valence-electron chi connectivity index (χ2n) is 6.18. The number of nitrogens with zero attached hydrogens (tertiary/aromatic N) is 4. The Kier molecular flexibility index (Phi) is 5.95. The maximum absolute atomic E-state index is 12.5. The predicted octanol–water partition coefficient (Wildman–Crippen LogP) is 1.91. The van der Waals surface area contributed by atoms with Gasteiger partial charge in [-0.15, -0.1) is 0 Å². The summed E-state index contributed by atoms with van der Waals surface area (Å²) in [5.74, 6) is 0.579. The number of likely N-dealkylation sites (N-methyl/N-ethyl adjacent to an activating group) is 1. The molecule has 1 aliphatic rings. The number of benzene rings is 1. The smallest absolute Gasteiger partial charge is 0.257 e. The van der Waals surface area contributed by atoms with Crippen molar-refractivity contribution in [2.75, 3.05) is 44.6 Å². The van der Waals surface area contributed by atoms with Gasteiger partial charge in [0.15, 0.2) is 0 Å². The predicted molar refractivity (Wildman–Crippen MR) is 98.7 cm³/mol. The number of carbonyl (C=O) groups is 1. The number of aromatic nitrogens is 2. The standard InChI is InChI=1S/C19H25N5O/c1-2-23-10-12-24(13-11-23)18(25)17-14-21-19(22-15-17)20-9-8-16-6-4-3-5-7-16/h3-7,14-15H,2,8-13H2,1H3,(H,20,21,22). The van der Waals surface area contributed by atoms with Gasteiger partial charge >= 0.3 is 0 Å². The molecule has 1 fully saturated rings. The monoisotopic (exact) mass is 339 g/mol. The van der Waals surface area contributed by atoms with Crippen molar-refractivity contribution in [1.82, 2.24) is 19.8 Å². The average molecular weight is 339 g/mol. The second kappa shape index (κ2) is 8.58. The maximum atomic E-state index is 12.5. The minimum Gasteiger partial charge on any atom is -0.354 e. The van der Waals surface area contributed by atoms with E-state index in [-0.39, 0.29) is 5.91 Å². The van der Waals surface area contributed by atoms with Crippen molar-refractivity contribution in [1.29, 1.82) is 0 Å². The molecule has 0 saturated carbocycles. The Hall–Kier alpha value is -2.47. The van der Waals surface area contributed by atoms with E-state index >= 15 is 0 Å². The molecule has 132 valence electrons. The number of piperazine rings is 1. The highest BCUT2D eigenvalue weighted by Gasteiger charge is 2.21. The molecule has 6 heteroatoms. The lowest BCUT2D eigenvalue weighted by molar-refractivity contribution is 0.0642. The van der Waals surface area contributed by atoms with Crippen molar-refractivity contribution in [3.8, 4) is 0 Å². The Labute approximate surface area is 148 Å². The van der Waals surface area contributed by atoms with E-state index < -0.39 is 0 Å². The third-order valence-electron chi connectivity index (χ3n) is 4.55. The fourth-order valence-corrected chi connectivity index (χ4v) is 2.94. The fourth-order valence-electron chi connectivity index (χ4n) is 2.94. The molecule has 0 radical (unpaired) electrons. The lowest BCUT2D eigenvalue weighted by Gasteiger charge is -2.33. The maximum Gasteiger partial charge on any atom is 0.257 e. The minimum absolute atomic E-state index is 0.0200. The van der Waals surface area contributed by atoms with Crippen molar-refractivity contribution in [3.63, 3.8) is 0 Å². The van der Waals surface area contributed by atoms with Gasteiger partial charge in [0.25, 0.3) is 5.91 Å². The first-order valence-electron chi connectivity index (χ1n) is 8.87. The number of amides is 1. The van der Waals surface area contributed by atoms with Crippen LogP contribution in [0.15, 0.2) is 42.7 Å². The van der Waals surface area contributed by atoms with Crippen LogP contribution in [-0.4, -0.2) is 64.9 Å². The van der Waals surface area contributed by atoms with Crippen molar-refractivity contribution in [2.45, 2.75) is 13.3 Å². The Morgan fingerprint density at radius 1 is 1.08 bits per heavy atom. The van der Waals surface area contributed by atoms with E-state index in [4.69, 9.17) is 0 Å². The van der Waals surface area contributed by atoms with Crippen molar-refractivity contribution >= 4 is 11.9 Å². The summed E-state index contributed by atoms with van der Waals surface area (Å²) in [5.41, 5.74) is 1.83. The van der Waals surface area contributed by atoms with E-state index in [0.29, 0.717) is 11.5 Å². The van der Waals surface area contributed by atoms with Gasteiger partial charge in [-0.1, -0.05) is 37.3 Å². The summed E-state index contributed by atoms with van der Waals surface area (Å²) in [4.78, 5) is 25.3. The summed E-state index contributed by atoms with van der Waals surface area (Å²) in [6, 6.07) is 10.3. The number of nitrogens with one attached hydrogen (secondary N) is 1. The van der Waals surface area contributed by atoms with Gasteiger partial charge in [0.1, 0.15) is 0 Å². The van der Waals surface area contributed by atoms with Gasteiger partial charge < -0.3 is 15.1 Å². The molecule has 2 aromatic rings. The molecule has 1 aromatic carbocycles. The molecule has 1 aromatic heterocycles. The van der Waals surface area contributed by atoms with E-state index in [1.54, 1.807) is 12.4 Å². The molecule has 2 heterocycles. The van der Waals surface area contributed by atoms with Gasteiger partial charge in [-0.25, -0.2) is 9.97 Å². The topological polar surface area (TPSA) is 61.4 Å². The molecule has 0 atom stereocenters. The molecule has 0 spiro atoms. The zero-order valence-electron chi connectivity index (χ0n) is 14.7. The Morgan fingerprint density at radius 3 is 2.40 bits per heavy atom. The summed E-state index contributed by atoms with van der Waals surface area (Å²) in [6.07, 6.45) is 4.14. The first-order chi connectivity index (χ1) is 12.3. The van der Waals surface area contributed by atoms with Crippen LogP contribution >= 0.6 is 0 Å². The largest absolute Gasteiger partial charge is 0.354 e. The first-order valence-corrected chi connectivity index (χ1v) is 8.87. The highest BCUT2D eigenvalue weighted by Crippen LogP contribution is 2.09. The number of hydrogen-bond acceptors (Lipinski definition) is 5. The molecule has 0 unspecified atom stereocenters. The quantitative estimate of drug-likeness (QED) is 0.871. The first kappa shape index (κ1) is 17.4. The Morgan fingerprint density at radius 2 is 1.76 bits per heavy atom. The SMILES string of the molecule is CCN1CCN(C(=O)c2cnc(NCCc3ccccc3)nc2)CC1. The highest BCUT2D eigenvalue weighted by molar-refractivity contribution is 5.93. The summed E-state index contributed by atoms with van der Waals surface area (Å²) >= 11 is 0. The van der Waals surface area contributed by atoms with Crippen LogP contribution in [-0.2, 0) is 6.42 Å². The van der Waals surface area contributed by atoms with Crippen LogP contribution in [0.3, 0.4) is 0 Å².